The minimum atomic E-state index is -0.441. The zero-order valence-corrected chi connectivity index (χ0v) is 37.7. The molecule has 0 bridgehead atoms. The zero-order valence-electron chi connectivity index (χ0n) is 36.1. The summed E-state index contributed by atoms with van der Waals surface area (Å²) in [4.78, 5) is 66.0. The van der Waals surface area contributed by atoms with Crippen molar-refractivity contribution in [3.05, 3.63) is 49.3 Å². The molecule has 0 unspecified atom stereocenters. The maximum atomic E-state index is 12.3. The molecule has 15 heteroatoms. The Morgan fingerprint density at radius 1 is 0.759 bits per heavy atom. The van der Waals surface area contributed by atoms with E-state index in [0.29, 0.717) is 30.1 Å². The molecule has 58 heavy (non-hydrogen) atoms. The fourth-order valence-electron chi connectivity index (χ4n) is 7.24. The molecule has 5 rings (SSSR count). The number of rotatable bonds is 6. The summed E-state index contributed by atoms with van der Waals surface area (Å²) in [6.45, 7) is 27.8. The van der Waals surface area contributed by atoms with Gasteiger partial charge in [-0.25, -0.2) is 9.59 Å². The van der Waals surface area contributed by atoms with Gasteiger partial charge in [-0.2, -0.15) is 24.4 Å². The SMILES string of the molecule is Cc1c(-c2cnoc2)sc([C@H](C)C2CCN(C(=O)OC(C)(C)C)CC2)c1C.Cc1c(CC#N)sc([C@H](C)C2CCN(C(=O)OC(C)(C)C)CC2)c1C.O=C=O.O=C=O. The lowest BCUT2D eigenvalue weighted by molar-refractivity contribution is -0.193. The van der Waals surface area contributed by atoms with Crippen LogP contribution in [0.5, 0.6) is 0 Å². The van der Waals surface area contributed by atoms with Crippen LogP contribution in [0, 0.1) is 50.9 Å². The van der Waals surface area contributed by atoms with Crippen molar-refractivity contribution in [1.29, 1.82) is 5.26 Å². The number of thiophene rings is 2. The molecule has 0 aliphatic carbocycles. The molecule has 0 aromatic carbocycles. The van der Waals surface area contributed by atoms with E-state index in [0.717, 1.165) is 57.4 Å². The lowest BCUT2D eigenvalue weighted by Gasteiger charge is -2.35. The molecule has 13 nitrogen and oxygen atoms in total. The van der Waals surface area contributed by atoms with Gasteiger partial charge in [0.05, 0.1) is 24.3 Å². The first-order chi connectivity index (χ1) is 27.1. The predicted octanol–water partition coefficient (Wildman–Crippen LogP) is 9.79. The third-order valence-electron chi connectivity index (χ3n) is 10.6. The molecule has 2 aliphatic heterocycles. The Labute approximate surface area is 351 Å². The normalized spacial score (nSPS) is 15.7. The predicted molar refractivity (Wildman–Crippen MR) is 220 cm³/mol. The Kier molecular flexibility index (Phi) is 19.2. The van der Waals surface area contributed by atoms with E-state index >= 15 is 0 Å². The van der Waals surface area contributed by atoms with Gasteiger partial charge in [0.15, 0.2) is 0 Å². The summed E-state index contributed by atoms with van der Waals surface area (Å²) in [5.41, 5.74) is 5.49. The van der Waals surface area contributed by atoms with Crippen molar-refractivity contribution in [2.45, 2.75) is 138 Å². The molecule has 2 fully saturated rings. The molecule has 0 N–H and O–H groups in total. The smallest absolute Gasteiger partial charge is 0.410 e. The lowest BCUT2D eigenvalue weighted by atomic mass is 9.83. The van der Waals surface area contributed by atoms with E-state index in [4.69, 9.17) is 38.4 Å². The molecule has 0 spiro atoms. The topological polar surface area (TPSA) is 177 Å². The number of likely N-dealkylation sites (tertiary alicyclic amines) is 2. The lowest BCUT2D eigenvalue weighted by Crippen LogP contribution is -2.42. The molecular weight excluding hydrogens is 781 g/mol. The quantitative estimate of drug-likeness (QED) is 0.231. The fourth-order valence-corrected chi connectivity index (χ4v) is 10.1. The van der Waals surface area contributed by atoms with Crippen molar-refractivity contribution in [1.82, 2.24) is 15.0 Å². The highest BCUT2D eigenvalue weighted by Gasteiger charge is 2.33. The van der Waals surface area contributed by atoms with E-state index in [1.54, 1.807) is 23.8 Å². The Morgan fingerprint density at radius 2 is 1.16 bits per heavy atom. The van der Waals surface area contributed by atoms with Crippen molar-refractivity contribution < 1.29 is 42.8 Å². The zero-order chi connectivity index (χ0) is 44.0. The molecule has 0 radical (unpaired) electrons. The number of aromatic nitrogens is 1. The van der Waals surface area contributed by atoms with Gasteiger partial charge in [0.25, 0.3) is 0 Å². The van der Waals surface area contributed by atoms with E-state index in [9.17, 15) is 9.59 Å². The number of hydrogen-bond donors (Lipinski definition) is 0. The highest BCUT2D eigenvalue weighted by atomic mass is 32.1. The third kappa shape index (κ3) is 14.3. The van der Waals surface area contributed by atoms with E-state index in [2.05, 4.69) is 52.8 Å². The highest BCUT2D eigenvalue weighted by molar-refractivity contribution is 7.16. The summed E-state index contributed by atoms with van der Waals surface area (Å²) >= 11 is 3.66. The summed E-state index contributed by atoms with van der Waals surface area (Å²) in [7, 11) is 0. The van der Waals surface area contributed by atoms with Crippen molar-refractivity contribution in [3.63, 3.8) is 0 Å². The molecule has 2 atom stereocenters. The van der Waals surface area contributed by atoms with Gasteiger partial charge in [-0.1, -0.05) is 19.0 Å². The molecule has 5 heterocycles. The van der Waals surface area contributed by atoms with Crippen LogP contribution in [-0.2, 0) is 35.1 Å². The van der Waals surface area contributed by atoms with Gasteiger partial charge < -0.3 is 23.8 Å². The van der Waals surface area contributed by atoms with Crippen molar-refractivity contribution in [2.24, 2.45) is 11.8 Å². The van der Waals surface area contributed by atoms with Gasteiger partial charge >= 0.3 is 24.5 Å². The Balaban J connectivity index is 0.000000353. The number of amides is 2. The first kappa shape index (κ1) is 49.5. The molecule has 0 saturated carbocycles. The van der Waals surface area contributed by atoms with Crippen molar-refractivity contribution in [3.8, 4) is 16.5 Å². The molecule has 318 valence electrons. The molecule has 2 amide bonds. The summed E-state index contributed by atoms with van der Waals surface area (Å²) in [5.74, 6) is 2.10. The molecule has 3 aromatic heterocycles. The van der Waals surface area contributed by atoms with Crippen LogP contribution in [0.1, 0.15) is 130 Å². The van der Waals surface area contributed by atoms with Crippen LogP contribution in [0.3, 0.4) is 0 Å². The number of ether oxygens (including phenoxy) is 2. The number of piperidine rings is 2. The summed E-state index contributed by atoms with van der Waals surface area (Å²) in [5, 5.41) is 12.8. The van der Waals surface area contributed by atoms with Gasteiger partial charge in [0, 0.05) is 45.7 Å². The van der Waals surface area contributed by atoms with Crippen LogP contribution in [-0.4, -0.2) is 76.8 Å². The number of carbonyl (C=O) groups excluding carboxylic acids is 6. The van der Waals surface area contributed by atoms with E-state index < -0.39 is 11.2 Å². The summed E-state index contributed by atoms with van der Waals surface area (Å²) in [6, 6.07) is 2.27. The highest BCUT2D eigenvalue weighted by Crippen LogP contribution is 2.44. The van der Waals surface area contributed by atoms with Gasteiger partial charge in [0.2, 0.25) is 0 Å². The van der Waals surface area contributed by atoms with E-state index in [1.165, 1.54) is 41.8 Å². The van der Waals surface area contributed by atoms with Crippen LogP contribution >= 0.6 is 22.7 Å². The maximum Gasteiger partial charge on any atom is 0.410 e. The van der Waals surface area contributed by atoms with Crippen LogP contribution in [0.2, 0.25) is 0 Å². The number of nitrogens with zero attached hydrogens (tertiary/aromatic N) is 4. The van der Waals surface area contributed by atoms with E-state index in [-0.39, 0.29) is 24.5 Å². The average molecular weight is 841 g/mol. The standard InChI is InChI=1S/C21H30N2O3S.C20H30N2O2S.2CO2/c1-13-14(2)19(17-11-22-25-12-17)27-18(13)15(3)16-7-9-23(10-8-16)20(24)26-21(4,5)6;1-13-14(2)18(25-17(13)7-10-21)15(3)16-8-11-22(12-9-16)19(23)24-20(4,5)6;2*2-1-3/h11-12,15-16H,7-10H2,1-6H3;15-16H,7-9,11-12H2,1-6H3;;/t2*15-;;/m11../s1. The van der Waals surface area contributed by atoms with Gasteiger partial charge in [-0.3, -0.25) is 0 Å². The molecule has 2 saturated heterocycles. The number of hydrogen-bond acceptors (Lipinski definition) is 13. The van der Waals surface area contributed by atoms with Crippen molar-refractivity contribution >= 4 is 47.2 Å². The third-order valence-corrected chi connectivity index (χ3v) is 13.9. The number of carbonyl (C=O) groups is 2. The minimum absolute atomic E-state index is 0.188. The van der Waals surface area contributed by atoms with Crippen LogP contribution in [0.4, 0.5) is 9.59 Å². The second-order valence-electron chi connectivity index (χ2n) is 16.8. The Bertz CT molecular complexity index is 1870. The first-order valence-corrected chi connectivity index (χ1v) is 21.2. The van der Waals surface area contributed by atoms with E-state index in [1.807, 2.05) is 62.7 Å². The second kappa shape index (κ2) is 22.5. The summed E-state index contributed by atoms with van der Waals surface area (Å²) < 4.78 is 16.0. The van der Waals surface area contributed by atoms with Crippen LogP contribution in [0.25, 0.3) is 10.4 Å². The van der Waals surface area contributed by atoms with Gasteiger partial charge in [-0.15, -0.1) is 22.7 Å². The molecular formula is C43H60N4O9S2. The Hall–Kier alpha value is -4.60. The van der Waals surface area contributed by atoms with Crippen LogP contribution in [0.15, 0.2) is 17.0 Å². The largest absolute Gasteiger partial charge is 0.444 e. The van der Waals surface area contributed by atoms with Crippen molar-refractivity contribution in [2.75, 3.05) is 26.2 Å². The molecule has 2 aliphatic rings. The minimum Gasteiger partial charge on any atom is -0.444 e. The number of nitriles is 1. The van der Waals surface area contributed by atoms with Gasteiger partial charge in [-0.05, 0) is 141 Å². The maximum absolute atomic E-state index is 12.3. The van der Waals surface area contributed by atoms with Crippen LogP contribution < -0.4 is 0 Å². The second-order valence-corrected chi connectivity index (χ2v) is 19.0. The molecule has 3 aromatic rings. The fraction of sp³-hybridized carbons (Fsp3) is 0.628. The summed E-state index contributed by atoms with van der Waals surface area (Å²) in [6.07, 6.45) is 8.15. The average Bonchev–Trinajstić information content (AvgIpc) is 3.86. The monoisotopic (exact) mass is 840 g/mol. The Morgan fingerprint density at radius 3 is 1.52 bits per heavy atom. The first-order valence-electron chi connectivity index (χ1n) is 19.5. The van der Waals surface area contributed by atoms with Gasteiger partial charge in [0.1, 0.15) is 17.5 Å².